The van der Waals surface area contributed by atoms with Crippen LogP contribution in [0.5, 0.6) is 11.5 Å². The van der Waals surface area contributed by atoms with E-state index in [1.165, 1.54) is 12.1 Å². The average molecular weight is 487 g/mol. The van der Waals surface area contributed by atoms with Crippen molar-refractivity contribution in [3.05, 3.63) is 101 Å². The number of carboxylic acid groups (broad SMARTS) is 1. The molecule has 0 fully saturated rings. The van der Waals surface area contributed by atoms with Crippen molar-refractivity contribution in [1.29, 1.82) is 0 Å². The van der Waals surface area contributed by atoms with Crippen molar-refractivity contribution < 1.29 is 29.0 Å². The van der Waals surface area contributed by atoms with E-state index >= 15 is 0 Å². The van der Waals surface area contributed by atoms with Gasteiger partial charge in [0.05, 0.1) is 12.1 Å². The Hall–Kier alpha value is -4.59. The minimum absolute atomic E-state index is 0.0764. The van der Waals surface area contributed by atoms with Gasteiger partial charge in [0.1, 0.15) is 36.2 Å². The fraction of sp³-hybridized carbons (Fsp3) is 0.179. The summed E-state index contributed by atoms with van der Waals surface area (Å²) in [6.07, 6.45) is 0.132. The summed E-state index contributed by atoms with van der Waals surface area (Å²) in [5.74, 6) is 1.15. The molecule has 8 nitrogen and oxygen atoms in total. The number of hydrogen-bond donors (Lipinski definition) is 2. The normalized spacial score (nSPS) is 11.3. The molecule has 0 radical (unpaired) electrons. The number of aromatic hydroxyl groups is 1. The maximum atomic E-state index is 11.0. The number of aromatic nitrogens is 1. The minimum atomic E-state index is -0.922. The molecule has 0 saturated heterocycles. The van der Waals surface area contributed by atoms with Gasteiger partial charge in [0, 0.05) is 12.0 Å². The van der Waals surface area contributed by atoms with Crippen LogP contribution >= 0.6 is 0 Å². The molecule has 8 heteroatoms. The Morgan fingerprint density at radius 3 is 2.36 bits per heavy atom. The molecule has 0 aliphatic heterocycles. The van der Waals surface area contributed by atoms with Gasteiger partial charge in [-0.25, -0.2) is 4.98 Å². The van der Waals surface area contributed by atoms with Crippen LogP contribution in [0.3, 0.4) is 0 Å². The monoisotopic (exact) mass is 486 g/mol. The van der Waals surface area contributed by atoms with Crippen LogP contribution in [0.1, 0.15) is 35.4 Å². The third kappa shape index (κ3) is 6.73. The number of benzene rings is 3. The minimum Gasteiger partial charge on any atom is -0.508 e. The largest absolute Gasteiger partial charge is 0.508 e. The highest BCUT2D eigenvalue weighted by atomic mass is 16.6. The smallest absolute Gasteiger partial charge is 0.303 e. The summed E-state index contributed by atoms with van der Waals surface area (Å²) in [6, 6.07) is 23.5. The number of carbonyl (C=O) groups is 1. The van der Waals surface area contributed by atoms with Crippen LogP contribution in [0.4, 0.5) is 0 Å². The molecule has 0 spiro atoms. The van der Waals surface area contributed by atoms with Crippen LogP contribution in [-0.4, -0.2) is 26.9 Å². The molecule has 0 aliphatic rings. The van der Waals surface area contributed by atoms with Gasteiger partial charge in [-0.3, -0.25) is 4.79 Å². The molecule has 0 atom stereocenters. The van der Waals surface area contributed by atoms with Crippen LogP contribution in [0.2, 0.25) is 0 Å². The lowest BCUT2D eigenvalue weighted by Crippen LogP contribution is -2.06. The first-order valence-corrected chi connectivity index (χ1v) is 11.4. The third-order valence-corrected chi connectivity index (χ3v) is 5.39. The van der Waals surface area contributed by atoms with Crippen LogP contribution in [0.15, 0.2) is 88.4 Å². The number of phenols is 1. The summed E-state index contributed by atoms with van der Waals surface area (Å²) in [6.45, 7) is 2.35. The Morgan fingerprint density at radius 2 is 1.67 bits per heavy atom. The van der Waals surface area contributed by atoms with E-state index in [1.807, 2.05) is 61.5 Å². The zero-order chi connectivity index (χ0) is 25.3. The van der Waals surface area contributed by atoms with Gasteiger partial charge in [-0.2, -0.15) is 0 Å². The maximum absolute atomic E-state index is 11.0. The third-order valence-electron chi connectivity index (χ3n) is 5.39. The quantitative estimate of drug-likeness (QED) is 0.206. The second-order valence-electron chi connectivity index (χ2n) is 8.07. The molecule has 3 aromatic carbocycles. The summed E-state index contributed by atoms with van der Waals surface area (Å²) < 4.78 is 11.6. The van der Waals surface area contributed by atoms with Crippen molar-refractivity contribution in [1.82, 2.24) is 4.98 Å². The summed E-state index contributed by atoms with van der Waals surface area (Å²) in [5, 5.41) is 22.6. The van der Waals surface area contributed by atoms with E-state index < -0.39 is 5.97 Å². The number of ether oxygens (including phenoxy) is 1. The number of nitrogens with zero attached hydrogens (tertiary/aromatic N) is 2. The van der Waals surface area contributed by atoms with Gasteiger partial charge in [0.15, 0.2) is 0 Å². The number of hydrogen-bond acceptors (Lipinski definition) is 7. The van der Waals surface area contributed by atoms with Gasteiger partial charge >= 0.3 is 5.97 Å². The highest BCUT2D eigenvalue weighted by molar-refractivity contribution is 6.01. The SMILES string of the molecule is Cc1oc(-c2ccccc2)nc1COc1ccc(CO/N=C(/CCC(=O)O)c2ccc(O)cc2)cc1. The zero-order valence-corrected chi connectivity index (χ0v) is 19.8. The van der Waals surface area contributed by atoms with E-state index in [9.17, 15) is 9.90 Å². The molecule has 0 aliphatic carbocycles. The molecular weight excluding hydrogens is 460 g/mol. The fourth-order valence-corrected chi connectivity index (χ4v) is 3.41. The van der Waals surface area contributed by atoms with Crippen molar-refractivity contribution in [2.24, 2.45) is 5.16 Å². The molecule has 184 valence electrons. The Balaban J connectivity index is 1.33. The van der Waals surface area contributed by atoms with E-state index in [1.54, 1.807) is 12.1 Å². The Bertz CT molecular complexity index is 1310. The molecule has 0 saturated carbocycles. The number of aryl methyl sites for hydroxylation is 1. The second-order valence-corrected chi connectivity index (χ2v) is 8.07. The number of carboxylic acids is 1. The Morgan fingerprint density at radius 1 is 0.944 bits per heavy atom. The lowest BCUT2D eigenvalue weighted by atomic mass is 10.1. The molecule has 0 unspecified atom stereocenters. The Kier molecular flexibility index (Phi) is 7.97. The first-order valence-electron chi connectivity index (χ1n) is 11.4. The van der Waals surface area contributed by atoms with Gasteiger partial charge in [-0.1, -0.05) is 35.5 Å². The molecule has 1 aromatic heterocycles. The van der Waals surface area contributed by atoms with Gasteiger partial charge < -0.3 is 24.2 Å². The molecular formula is C28H26N2O6. The lowest BCUT2D eigenvalue weighted by Gasteiger charge is -2.08. The molecule has 0 amide bonds. The molecule has 2 N–H and O–H groups in total. The number of rotatable bonds is 11. The fourth-order valence-electron chi connectivity index (χ4n) is 3.41. The number of oxime groups is 1. The zero-order valence-electron chi connectivity index (χ0n) is 19.8. The molecule has 4 rings (SSSR count). The predicted octanol–water partition coefficient (Wildman–Crippen LogP) is 5.72. The first-order chi connectivity index (χ1) is 17.5. The van der Waals surface area contributed by atoms with Gasteiger partial charge in [-0.15, -0.1) is 0 Å². The lowest BCUT2D eigenvalue weighted by molar-refractivity contribution is -0.136. The van der Waals surface area contributed by atoms with Gasteiger partial charge in [-0.05, 0) is 66.6 Å². The van der Waals surface area contributed by atoms with E-state index in [-0.39, 0.29) is 31.8 Å². The summed E-state index contributed by atoms with van der Waals surface area (Å²) in [4.78, 5) is 21.0. The molecule has 36 heavy (non-hydrogen) atoms. The van der Waals surface area contributed by atoms with Crippen molar-refractivity contribution in [3.8, 4) is 23.0 Å². The predicted molar refractivity (Wildman–Crippen MR) is 134 cm³/mol. The number of phenolic OH excluding ortho intramolecular Hbond substituents is 1. The Labute approximate surface area is 208 Å². The van der Waals surface area contributed by atoms with Crippen LogP contribution < -0.4 is 4.74 Å². The molecule has 4 aromatic rings. The highest BCUT2D eigenvalue weighted by Crippen LogP contribution is 2.23. The van der Waals surface area contributed by atoms with Gasteiger partial charge in [0.25, 0.3) is 0 Å². The van der Waals surface area contributed by atoms with Crippen molar-refractivity contribution in [2.75, 3.05) is 0 Å². The molecule has 1 heterocycles. The van der Waals surface area contributed by atoms with Crippen molar-refractivity contribution in [2.45, 2.75) is 33.0 Å². The standard InChI is InChI=1S/C28H26N2O6/c1-19-26(29-28(36-19)22-5-3-2-4-6-22)18-34-24-13-7-20(8-14-24)17-35-30-25(15-16-27(32)33)21-9-11-23(31)12-10-21/h2-14,31H,15-18H2,1H3,(H,32,33)/b30-25-. The van der Waals surface area contributed by atoms with Crippen molar-refractivity contribution in [3.63, 3.8) is 0 Å². The number of aliphatic carboxylic acids is 1. The number of oxazole rings is 1. The average Bonchev–Trinajstić information content (AvgIpc) is 3.27. The topological polar surface area (TPSA) is 114 Å². The second kappa shape index (κ2) is 11.7. The van der Waals surface area contributed by atoms with E-state index in [0.29, 0.717) is 28.7 Å². The first kappa shape index (κ1) is 24.5. The maximum Gasteiger partial charge on any atom is 0.303 e. The van der Waals surface area contributed by atoms with Crippen LogP contribution in [0, 0.1) is 6.92 Å². The molecule has 0 bridgehead atoms. The van der Waals surface area contributed by atoms with Crippen molar-refractivity contribution >= 4 is 11.7 Å². The highest BCUT2D eigenvalue weighted by Gasteiger charge is 2.12. The van der Waals surface area contributed by atoms with E-state index in [4.69, 9.17) is 19.1 Å². The van der Waals surface area contributed by atoms with E-state index in [0.717, 1.165) is 16.8 Å². The summed E-state index contributed by atoms with van der Waals surface area (Å²) >= 11 is 0. The summed E-state index contributed by atoms with van der Waals surface area (Å²) in [5.41, 5.74) is 3.71. The van der Waals surface area contributed by atoms with Gasteiger partial charge in [0.2, 0.25) is 5.89 Å². The van der Waals surface area contributed by atoms with Crippen LogP contribution in [0.25, 0.3) is 11.5 Å². The van der Waals surface area contributed by atoms with E-state index in [2.05, 4.69) is 10.1 Å². The van der Waals surface area contributed by atoms with Crippen LogP contribution in [-0.2, 0) is 22.8 Å². The summed E-state index contributed by atoms with van der Waals surface area (Å²) in [7, 11) is 0.